The first-order valence-electron chi connectivity index (χ1n) is 14.2. The first kappa shape index (κ1) is 30.7. The molecule has 1 fully saturated rings. The lowest BCUT2D eigenvalue weighted by atomic mass is 10.0. The second kappa shape index (κ2) is 11.2. The summed E-state index contributed by atoms with van der Waals surface area (Å²) in [5, 5.41) is 2.88. The summed E-state index contributed by atoms with van der Waals surface area (Å²) in [4.78, 5) is 40.6. The Morgan fingerprint density at radius 2 is 1.59 bits per heavy atom. The SMILES string of the molecule is Cc1ccc(S(=O)(=O)n2ccc3c(-c4cc(N5C(=O)N[C@@H](C(C)C)C5=O)ccc4Oc4ccc(F)cc4F)cn(C)c(=O)c32)cc1. The highest BCUT2D eigenvalue weighted by molar-refractivity contribution is 7.90. The Bertz CT molecular complexity index is 2230. The number of rotatable bonds is 7. The first-order valence-corrected chi connectivity index (χ1v) is 15.7. The second-order valence-corrected chi connectivity index (χ2v) is 13.2. The zero-order chi connectivity index (χ0) is 33.1. The van der Waals surface area contributed by atoms with Crippen molar-refractivity contribution in [3.63, 3.8) is 0 Å². The van der Waals surface area contributed by atoms with E-state index in [1.165, 1.54) is 60.4 Å². The van der Waals surface area contributed by atoms with Crippen LogP contribution in [0.25, 0.3) is 22.0 Å². The lowest BCUT2D eigenvalue weighted by Crippen LogP contribution is -2.34. The van der Waals surface area contributed by atoms with Crippen LogP contribution in [0, 0.1) is 24.5 Å². The zero-order valence-corrected chi connectivity index (χ0v) is 25.9. The number of anilines is 1. The van der Waals surface area contributed by atoms with Gasteiger partial charge in [0.1, 0.15) is 23.1 Å². The van der Waals surface area contributed by atoms with Crippen LogP contribution in [-0.4, -0.2) is 34.9 Å². The number of halogens is 2. The zero-order valence-electron chi connectivity index (χ0n) is 25.1. The van der Waals surface area contributed by atoms with Gasteiger partial charge in [0.15, 0.2) is 11.6 Å². The number of hydrogen-bond acceptors (Lipinski definition) is 6. The van der Waals surface area contributed by atoms with Gasteiger partial charge in [0, 0.05) is 42.0 Å². The normalized spacial score (nSPS) is 15.2. The molecule has 1 aliphatic rings. The molecule has 5 aromatic rings. The number of ether oxygens (including phenoxy) is 1. The van der Waals surface area contributed by atoms with Crippen molar-refractivity contribution in [3.8, 4) is 22.6 Å². The molecule has 2 aromatic heterocycles. The number of benzene rings is 3. The van der Waals surface area contributed by atoms with Crippen molar-refractivity contribution in [2.45, 2.75) is 31.7 Å². The number of nitrogens with zero attached hydrogens (tertiary/aromatic N) is 3. The van der Waals surface area contributed by atoms with Crippen molar-refractivity contribution in [2.75, 3.05) is 4.90 Å². The standard InChI is InChI=1S/C33H28F2N4O6S/c1-18(2)29-31(40)39(33(42)36-29)21-8-12-27(45-28-11-7-20(34)15-26(28)35)24(16-21)25-17-37(4)32(41)30-23(25)13-14-38(30)46(43,44)22-9-5-19(3)6-10-22/h5-18,29H,1-4H3,(H,36,42)/t29-/m0/s1. The highest BCUT2D eigenvalue weighted by Gasteiger charge is 2.41. The van der Waals surface area contributed by atoms with E-state index in [1.807, 2.05) is 6.92 Å². The molecular formula is C33H28F2N4O6S. The molecule has 1 saturated heterocycles. The molecule has 3 amide bonds. The van der Waals surface area contributed by atoms with E-state index in [4.69, 9.17) is 4.74 Å². The molecule has 1 aliphatic heterocycles. The second-order valence-electron chi connectivity index (χ2n) is 11.4. The number of nitrogens with one attached hydrogen (secondary N) is 1. The van der Waals surface area contributed by atoms with E-state index in [0.717, 1.165) is 26.6 Å². The van der Waals surface area contributed by atoms with Gasteiger partial charge in [-0.25, -0.2) is 30.9 Å². The molecule has 0 spiro atoms. The molecule has 0 radical (unpaired) electrons. The Balaban J connectivity index is 1.58. The highest BCUT2D eigenvalue weighted by Crippen LogP contribution is 2.41. The van der Waals surface area contributed by atoms with Gasteiger partial charge in [-0.05, 0) is 61.4 Å². The largest absolute Gasteiger partial charge is 0.454 e. The third kappa shape index (κ3) is 5.11. The number of carbonyl (C=O) groups excluding carboxylic acids is 2. The van der Waals surface area contributed by atoms with E-state index in [9.17, 15) is 31.6 Å². The molecule has 0 aliphatic carbocycles. The van der Waals surface area contributed by atoms with Gasteiger partial charge < -0.3 is 14.6 Å². The molecule has 1 N–H and O–H groups in total. The maximum atomic E-state index is 14.7. The number of carbonyl (C=O) groups is 2. The predicted molar refractivity (Wildman–Crippen MR) is 167 cm³/mol. The third-order valence-corrected chi connectivity index (χ3v) is 9.52. The number of pyridine rings is 1. The van der Waals surface area contributed by atoms with Crippen LogP contribution in [0.2, 0.25) is 0 Å². The first-order chi connectivity index (χ1) is 21.8. The predicted octanol–water partition coefficient (Wildman–Crippen LogP) is 5.70. The third-order valence-electron chi connectivity index (χ3n) is 7.83. The number of imide groups is 1. The van der Waals surface area contributed by atoms with E-state index in [1.54, 1.807) is 26.0 Å². The van der Waals surface area contributed by atoms with Crippen molar-refractivity contribution < 1.29 is 31.5 Å². The van der Waals surface area contributed by atoms with E-state index in [-0.39, 0.29) is 50.0 Å². The minimum atomic E-state index is -4.21. The summed E-state index contributed by atoms with van der Waals surface area (Å²) in [6, 6.07) is 13.3. The average molecular weight is 647 g/mol. The molecule has 46 heavy (non-hydrogen) atoms. The highest BCUT2D eigenvalue weighted by atomic mass is 32.2. The summed E-state index contributed by atoms with van der Waals surface area (Å²) in [5.41, 5.74) is 0.699. The van der Waals surface area contributed by atoms with Gasteiger partial charge in [-0.2, -0.15) is 0 Å². The monoisotopic (exact) mass is 646 g/mol. The minimum absolute atomic E-state index is 0.0239. The van der Waals surface area contributed by atoms with Gasteiger partial charge in [-0.1, -0.05) is 31.5 Å². The lowest BCUT2D eigenvalue weighted by molar-refractivity contribution is -0.119. The summed E-state index contributed by atoms with van der Waals surface area (Å²) in [7, 11) is -2.77. The van der Waals surface area contributed by atoms with Crippen molar-refractivity contribution in [1.29, 1.82) is 0 Å². The van der Waals surface area contributed by atoms with Crippen molar-refractivity contribution in [3.05, 3.63) is 107 Å². The molecule has 0 saturated carbocycles. The Morgan fingerprint density at radius 1 is 0.891 bits per heavy atom. The molecule has 236 valence electrons. The Morgan fingerprint density at radius 3 is 2.24 bits per heavy atom. The lowest BCUT2D eigenvalue weighted by Gasteiger charge is -2.19. The van der Waals surface area contributed by atoms with Crippen LogP contribution in [0.15, 0.2) is 88.8 Å². The topological polar surface area (TPSA) is 120 Å². The van der Waals surface area contributed by atoms with Gasteiger partial charge in [0.05, 0.1) is 10.6 Å². The van der Waals surface area contributed by atoms with Crippen LogP contribution in [-0.2, 0) is 21.9 Å². The molecule has 0 unspecified atom stereocenters. The smallest absolute Gasteiger partial charge is 0.329 e. The maximum absolute atomic E-state index is 14.7. The average Bonchev–Trinajstić information content (AvgIpc) is 3.59. The van der Waals surface area contributed by atoms with Gasteiger partial charge in [-0.15, -0.1) is 0 Å². The van der Waals surface area contributed by atoms with Gasteiger partial charge >= 0.3 is 6.03 Å². The Labute approximate surface area is 262 Å². The number of hydrogen-bond donors (Lipinski definition) is 1. The van der Waals surface area contributed by atoms with Crippen molar-refractivity contribution >= 4 is 38.6 Å². The number of amides is 3. The van der Waals surface area contributed by atoms with Crippen LogP contribution >= 0.6 is 0 Å². The molecule has 1 atom stereocenters. The van der Waals surface area contributed by atoms with Crippen molar-refractivity contribution in [1.82, 2.24) is 13.9 Å². The van der Waals surface area contributed by atoms with Crippen LogP contribution in [0.1, 0.15) is 19.4 Å². The number of aromatic nitrogens is 2. The van der Waals surface area contributed by atoms with E-state index in [0.29, 0.717) is 6.07 Å². The number of urea groups is 1. The molecule has 0 bridgehead atoms. The van der Waals surface area contributed by atoms with Gasteiger partial charge in [0.2, 0.25) is 0 Å². The quantitative estimate of drug-likeness (QED) is 0.227. The summed E-state index contributed by atoms with van der Waals surface area (Å²) in [6.07, 6.45) is 2.71. The Hall–Kier alpha value is -5.30. The Kier molecular flexibility index (Phi) is 7.51. The van der Waals surface area contributed by atoms with Crippen LogP contribution in [0.4, 0.5) is 19.3 Å². The summed E-state index contributed by atoms with van der Waals surface area (Å²) >= 11 is 0. The molecule has 10 nitrogen and oxygen atoms in total. The van der Waals surface area contributed by atoms with Crippen LogP contribution in [0.5, 0.6) is 11.5 Å². The van der Waals surface area contributed by atoms with E-state index < -0.39 is 45.2 Å². The fourth-order valence-electron chi connectivity index (χ4n) is 5.40. The summed E-state index contributed by atoms with van der Waals surface area (Å²) < 4.78 is 63.8. The minimum Gasteiger partial charge on any atom is -0.454 e. The van der Waals surface area contributed by atoms with Crippen molar-refractivity contribution in [2.24, 2.45) is 13.0 Å². The molecule has 13 heteroatoms. The molecule has 3 heterocycles. The van der Waals surface area contributed by atoms with Gasteiger partial charge in [0.25, 0.3) is 21.5 Å². The molecule has 6 rings (SSSR count). The van der Waals surface area contributed by atoms with Crippen LogP contribution < -0.4 is 20.5 Å². The number of fused-ring (bicyclic) bond motifs is 1. The van der Waals surface area contributed by atoms with Gasteiger partial charge in [-0.3, -0.25) is 9.59 Å². The summed E-state index contributed by atoms with van der Waals surface area (Å²) in [5.74, 6) is -2.75. The number of aryl methyl sites for hydroxylation is 2. The fourth-order valence-corrected chi connectivity index (χ4v) is 6.74. The van der Waals surface area contributed by atoms with E-state index >= 15 is 0 Å². The fraction of sp³-hybridized carbons (Fsp3) is 0.182. The molecular weight excluding hydrogens is 618 g/mol. The summed E-state index contributed by atoms with van der Waals surface area (Å²) in [6.45, 7) is 5.41. The molecule has 3 aromatic carbocycles. The van der Waals surface area contributed by atoms with E-state index in [2.05, 4.69) is 5.32 Å². The van der Waals surface area contributed by atoms with Crippen LogP contribution in [0.3, 0.4) is 0 Å². The maximum Gasteiger partial charge on any atom is 0.329 e.